The molecule has 4 aromatic rings. The molecule has 4 heterocycles. The molecule has 0 spiro atoms. The SMILES string of the molecule is O=C(Nc1c2c(cc3c1CCC3)CCC2)NS(=O)(=O)c1ccn(CC2CCC(C3CCc4c3cc3c(c4NC(=O)NS(=O)(=O)c4ccn(C[C@H]5CCCO5)n4)CCC3)O2)n1. The third-order valence-corrected chi connectivity index (χ3v) is 15.7. The minimum atomic E-state index is -4.23. The minimum Gasteiger partial charge on any atom is -0.376 e. The Morgan fingerprint density at radius 2 is 1.18 bits per heavy atom. The number of carbonyl (C=O) groups is 2. The Morgan fingerprint density at radius 1 is 0.633 bits per heavy atom. The molecule has 0 radical (unpaired) electrons. The molecule has 4 amide bonds. The fourth-order valence-electron chi connectivity index (χ4n) is 10.5. The molecule has 4 aliphatic carbocycles. The van der Waals surface area contributed by atoms with Crippen LogP contribution in [0.1, 0.15) is 102 Å². The van der Waals surface area contributed by atoms with Crippen LogP contribution in [0.5, 0.6) is 0 Å². The molecule has 18 heteroatoms. The van der Waals surface area contributed by atoms with Crippen molar-refractivity contribution in [2.24, 2.45) is 0 Å². The molecule has 2 aliphatic heterocycles. The van der Waals surface area contributed by atoms with E-state index < -0.39 is 32.1 Å². The Morgan fingerprint density at radius 3 is 1.75 bits per heavy atom. The molecule has 0 bridgehead atoms. The van der Waals surface area contributed by atoms with E-state index in [0.29, 0.717) is 31.8 Å². The first-order chi connectivity index (χ1) is 29.0. The number of hydrogen-bond donors (Lipinski definition) is 4. The third kappa shape index (κ3) is 7.60. The Bertz CT molecular complexity index is 2570. The van der Waals surface area contributed by atoms with Gasteiger partial charge in [0.25, 0.3) is 20.0 Å². The normalized spacial score (nSPS) is 23.0. The number of nitrogens with zero attached hydrogens (tertiary/aromatic N) is 4. The predicted molar refractivity (Wildman–Crippen MR) is 220 cm³/mol. The second-order valence-electron chi connectivity index (χ2n) is 17.1. The summed E-state index contributed by atoms with van der Waals surface area (Å²) in [5.74, 6) is 0.0828. The lowest BCUT2D eigenvalue weighted by Gasteiger charge is -2.23. The Labute approximate surface area is 349 Å². The zero-order valence-electron chi connectivity index (χ0n) is 33.4. The maximum Gasteiger partial charge on any atom is 0.333 e. The van der Waals surface area contributed by atoms with E-state index in [0.717, 1.165) is 129 Å². The van der Waals surface area contributed by atoms with Gasteiger partial charge >= 0.3 is 12.1 Å². The van der Waals surface area contributed by atoms with Crippen molar-refractivity contribution in [3.63, 3.8) is 0 Å². The molecular formula is C42H50N8O8S2. The van der Waals surface area contributed by atoms with Gasteiger partial charge in [-0.1, -0.05) is 12.1 Å². The van der Waals surface area contributed by atoms with Crippen LogP contribution in [-0.4, -0.2) is 73.4 Å². The number of nitrogens with one attached hydrogen (secondary N) is 4. The number of amides is 4. The van der Waals surface area contributed by atoms with Crippen LogP contribution >= 0.6 is 0 Å². The van der Waals surface area contributed by atoms with E-state index in [1.54, 1.807) is 17.1 Å². The summed E-state index contributed by atoms with van der Waals surface area (Å²) in [6.07, 6.45) is 16.1. The number of aromatic nitrogens is 4. The first-order valence-electron chi connectivity index (χ1n) is 21.3. The lowest BCUT2D eigenvalue weighted by atomic mass is 9.90. The lowest BCUT2D eigenvalue weighted by Crippen LogP contribution is -2.35. The highest BCUT2D eigenvalue weighted by atomic mass is 32.2. The van der Waals surface area contributed by atoms with Crippen molar-refractivity contribution in [2.45, 2.75) is 144 Å². The van der Waals surface area contributed by atoms with Gasteiger partial charge in [0.1, 0.15) is 0 Å². The Hall–Kier alpha value is -4.78. The standard InChI is InChI=1S/C42H50N8O8S2/c51-41(43-39-30-9-1-5-25(30)21-26-6-2-10-31(26)39)47-60(55,56)38-17-19-50(46-38)24-29-12-15-36(58-29)33-13-14-34-35(33)22-27-7-3-11-32(27)40(34)44-42(52)48-59(53,54)37-16-18-49(45-37)23-28-8-4-20-57-28/h16-19,21-22,28-29,33,36H,1-15,20,23-24H2,(H2,43,47,51)(H2,44,48,52)/t28-,29?,33?,36?/m1/s1. The van der Waals surface area contributed by atoms with Gasteiger partial charge in [-0.3, -0.25) is 9.36 Å². The molecule has 3 unspecified atom stereocenters. The van der Waals surface area contributed by atoms with E-state index in [1.165, 1.54) is 27.9 Å². The van der Waals surface area contributed by atoms with Crippen LogP contribution in [0.25, 0.3) is 0 Å². The molecule has 60 heavy (non-hydrogen) atoms. The molecule has 318 valence electrons. The Balaban J connectivity index is 0.773. The van der Waals surface area contributed by atoms with Gasteiger partial charge in [-0.25, -0.2) is 19.0 Å². The van der Waals surface area contributed by atoms with Gasteiger partial charge in [0.15, 0.2) is 10.1 Å². The van der Waals surface area contributed by atoms with Crippen molar-refractivity contribution in [2.75, 3.05) is 17.2 Å². The van der Waals surface area contributed by atoms with Crippen molar-refractivity contribution in [1.29, 1.82) is 0 Å². The summed E-state index contributed by atoms with van der Waals surface area (Å²) in [4.78, 5) is 26.5. The molecule has 2 fully saturated rings. The maximum absolute atomic E-state index is 13.4. The van der Waals surface area contributed by atoms with Gasteiger partial charge in [0.2, 0.25) is 0 Å². The molecule has 2 aromatic heterocycles. The highest BCUT2D eigenvalue weighted by molar-refractivity contribution is 7.90. The van der Waals surface area contributed by atoms with Crippen LogP contribution in [0.3, 0.4) is 0 Å². The van der Waals surface area contributed by atoms with Gasteiger partial charge in [-0.15, -0.1) is 0 Å². The molecule has 0 saturated carbocycles. The van der Waals surface area contributed by atoms with Crippen molar-refractivity contribution < 1.29 is 35.9 Å². The van der Waals surface area contributed by atoms with Crippen LogP contribution in [0.2, 0.25) is 0 Å². The number of anilines is 2. The van der Waals surface area contributed by atoms with Crippen molar-refractivity contribution in [3.05, 3.63) is 81.2 Å². The molecule has 2 saturated heterocycles. The molecule has 10 rings (SSSR count). The summed E-state index contributed by atoms with van der Waals surface area (Å²) >= 11 is 0. The highest BCUT2D eigenvalue weighted by Crippen LogP contribution is 2.47. The number of ether oxygens (including phenoxy) is 2. The zero-order chi connectivity index (χ0) is 41.2. The molecule has 16 nitrogen and oxygen atoms in total. The summed E-state index contributed by atoms with van der Waals surface area (Å²) < 4.78 is 72.7. The van der Waals surface area contributed by atoms with Crippen LogP contribution < -0.4 is 20.1 Å². The van der Waals surface area contributed by atoms with Crippen LogP contribution in [0.15, 0.2) is 46.7 Å². The first-order valence-corrected chi connectivity index (χ1v) is 24.3. The monoisotopic (exact) mass is 858 g/mol. The second-order valence-corrected chi connectivity index (χ2v) is 20.3. The zero-order valence-corrected chi connectivity index (χ0v) is 35.0. The quantitative estimate of drug-likeness (QED) is 0.159. The average Bonchev–Trinajstić information content (AvgIpc) is 4.04. The molecule has 6 aliphatic rings. The van der Waals surface area contributed by atoms with Crippen LogP contribution in [0.4, 0.5) is 21.0 Å². The van der Waals surface area contributed by atoms with Crippen molar-refractivity contribution in [1.82, 2.24) is 29.0 Å². The van der Waals surface area contributed by atoms with E-state index in [-0.39, 0.29) is 34.3 Å². The summed E-state index contributed by atoms with van der Waals surface area (Å²) in [6, 6.07) is 5.66. The number of urea groups is 2. The number of carbonyl (C=O) groups excluding carboxylic acids is 2. The third-order valence-electron chi connectivity index (χ3n) is 13.2. The first kappa shape index (κ1) is 39.4. The smallest absolute Gasteiger partial charge is 0.333 e. The Kier molecular flexibility index (Phi) is 10.2. The van der Waals surface area contributed by atoms with Crippen LogP contribution in [0, 0.1) is 0 Å². The minimum absolute atomic E-state index is 0.00899. The predicted octanol–water partition coefficient (Wildman–Crippen LogP) is 5.02. The van der Waals surface area contributed by atoms with Gasteiger partial charge in [0.05, 0.1) is 31.4 Å². The number of aryl methyl sites for hydroxylation is 3. The van der Waals surface area contributed by atoms with E-state index in [9.17, 15) is 26.4 Å². The molecule has 4 N–H and O–H groups in total. The van der Waals surface area contributed by atoms with E-state index in [4.69, 9.17) is 9.47 Å². The highest BCUT2D eigenvalue weighted by Gasteiger charge is 2.39. The molecule has 2 aromatic carbocycles. The average molecular weight is 859 g/mol. The summed E-state index contributed by atoms with van der Waals surface area (Å²) in [5.41, 5.74) is 10.5. The number of hydrogen-bond acceptors (Lipinski definition) is 10. The molecule has 4 atom stereocenters. The maximum atomic E-state index is 13.4. The second kappa shape index (κ2) is 15.6. The van der Waals surface area contributed by atoms with E-state index in [1.807, 2.05) is 0 Å². The number of fused-ring (bicyclic) bond motifs is 4. The fraction of sp³-hybridized carbons (Fsp3) is 0.524. The van der Waals surface area contributed by atoms with E-state index in [2.05, 4.69) is 42.4 Å². The fourth-order valence-corrected chi connectivity index (χ4v) is 12.2. The number of rotatable bonds is 11. The van der Waals surface area contributed by atoms with E-state index >= 15 is 0 Å². The largest absolute Gasteiger partial charge is 0.376 e. The van der Waals surface area contributed by atoms with Crippen LogP contribution in [-0.2, 0) is 87.6 Å². The van der Waals surface area contributed by atoms with Gasteiger partial charge < -0.3 is 20.1 Å². The number of sulfonamides is 2. The summed E-state index contributed by atoms with van der Waals surface area (Å²) in [5, 5.41) is 13.9. The van der Waals surface area contributed by atoms with Gasteiger partial charge in [0, 0.05) is 36.3 Å². The number of benzene rings is 2. The molecular weight excluding hydrogens is 809 g/mol. The summed E-state index contributed by atoms with van der Waals surface area (Å²) in [6.45, 7) is 1.48. The lowest BCUT2D eigenvalue weighted by molar-refractivity contribution is 0.0193. The van der Waals surface area contributed by atoms with Gasteiger partial charge in [-0.05, 0) is 153 Å². The van der Waals surface area contributed by atoms with Gasteiger partial charge in [-0.2, -0.15) is 27.0 Å². The topological polar surface area (TPSA) is 205 Å². The van der Waals surface area contributed by atoms with Crippen molar-refractivity contribution >= 4 is 43.5 Å². The van der Waals surface area contributed by atoms with Crippen molar-refractivity contribution in [3.8, 4) is 0 Å². The summed E-state index contributed by atoms with van der Waals surface area (Å²) in [7, 11) is -8.46.